The number of amides is 1. The molecule has 0 radical (unpaired) electrons. The predicted octanol–water partition coefficient (Wildman–Crippen LogP) is 1.02. The maximum Gasteiger partial charge on any atom is 0.328 e. The van der Waals surface area contributed by atoms with Crippen LogP contribution in [-0.4, -0.2) is 51.2 Å². The number of carbonyl (C=O) groups is 2. The van der Waals surface area contributed by atoms with Crippen LogP contribution < -0.4 is 0 Å². The van der Waals surface area contributed by atoms with Crippen LogP contribution in [0.25, 0.3) is 6.08 Å². The van der Waals surface area contributed by atoms with E-state index in [0.29, 0.717) is 5.56 Å². The molecule has 0 saturated heterocycles. The van der Waals surface area contributed by atoms with Gasteiger partial charge < -0.3 is 15.1 Å². The lowest BCUT2D eigenvalue weighted by Crippen LogP contribution is -2.48. The number of aliphatic carboxylic acids is 1. The average Bonchev–Trinajstić information content (AvgIpc) is 2.43. The number of carboxylic acids is 1. The van der Waals surface area contributed by atoms with Crippen LogP contribution in [0.15, 0.2) is 24.4 Å². The minimum absolute atomic E-state index is 0.147. The number of nitrogens with zero attached hydrogens (tertiary/aromatic N) is 2. The Kier molecular flexibility index (Phi) is 4.99. The van der Waals surface area contributed by atoms with Gasteiger partial charge >= 0.3 is 5.97 Å². The summed E-state index contributed by atoms with van der Waals surface area (Å²) < 4.78 is 0. The molecule has 0 aliphatic carbocycles. The second-order valence-electron chi connectivity index (χ2n) is 4.95. The zero-order valence-corrected chi connectivity index (χ0v) is 11.7. The standard InChI is InChI=1S/C14H18N2O4/c1-14(2,9-17)16(3)13(20)12-10(5-4-8-15-12)6-7-11(18)19/h4-8,17H,9H2,1-3H3,(H,18,19)/b7-6+. The summed E-state index contributed by atoms with van der Waals surface area (Å²) in [6.45, 7) is 3.25. The second kappa shape index (κ2) is 6.29. The molecule has 0 bridgehead atoms. The molecule has 0 aliphatic rings. The van der Waals surface area contributed by atoms with E-state index in [9.17, 15) is 14.7 Å². The lowest BCUT2D eigenvalue weighted by atomic mass is 10.0. The van der Waals surface area contributed by atoms with Crippen molar-refractivity contribution in [3.63, 3.8) is 0 Å². The summed E-state index contributed by atoms with van der Waals surface area (Å²) >= 11 is 0. The first-order valence-corrected chi connectivity index (χ1v) is 6.04. The zero-order chi connectivity index (χ0) is 15.3. The van der Waals surface area contributed by atoms with Crippen molar-refractivity contribution in [2.75, 3.05) is 13.7 Å². The number of rotatable bonds is 5. The van der Waals surface area contributed by atoms with Gasteiger partial charge in [0.25, 0.3) is 5.91 Å². The second-order valence-corrected chi connectivity index (χ2v) is 4.95. The quantitative estimate of drug-likeness (QED) is 0.785. The van der Waals surface area contributed by atoms with Crippen molar-refractivity contribution in [1.82, 2.24) is 9.88 Å². The van der Waals surface area contributed by atoms with Gasteiger partial charge in [-0.1, -0.05) is 6.07 Å². The lowest BCUT2D eigenvalue weighted by Gasteiger charge is -2.33. The number of aromatic nitrogens is 1. The van der Waals surface area contributed by atoms with Crippen molar-refractivity contribution in [1.29, 1.82) is 0 Å². The molecule has 1 rings (SSSR count). The van der Waals surface area contributed by atoms with E-state index in [-0.39, 0.29) is 18.2 Å². The van der Waals surface area contributed by atoms with Gasteiger partial charge in [-0.2, -0.15) is 0 Å². The van der Waals surface area contributed by atoms with Gasteiger partial charge in [-0.15, -0.1) is 0 Å². The van der Waals surface area contributed by atoms with Gasteiger partial charge in [0.2, 0.25) is 0 Å². The van der Waals surface area contributed by atoms with Gasteiger partial charge in [-0.25, -0.2) is 4.79 Å². The Balaban J connectivity index is 3.14. The van der Waals surface area contributed by atoms with Gasteiger partial charge in [-0.3, -0.25) is 9.78 Å². The normalized spacial score (nSPS) is 11.6. The molecule has 0 unspecified atom stereocenters. The number of likely N-dealkylation sites (N-methyl/N-ethyl adjacent to an activating group) is 1. The van der Waals surface area contributed by atoms with E-state index in [1.807, 2.05) is 0 Å². The summed E-state index contributed by atoms with van der Waals surface area (Å²) in [7, 11) is 1.57. The topological polar surface area (TPSA) is 90.7 Å². The minimum Gasteiger partial charge on any atom is -0.478 e. The van der Waals surface area contributed by atoms with Crippen LogP contribution in [-0.2, 0) is 4.79 Å². The molecule has 1 aromatic heterocycles. The summed E-state index contributed by atoms with van der Waals surface area (Å²) in [5, 5.41) is 17.9. The van der Waals surface area contributed by atoms with Crippen LogP contribution >= 0.6 is 0 Å². The number of aliphatic hydroxyl groups excluding tert-OH is 1. The van der Waals surface area contributed by atoms with Gasteiger partial charge in [-0.05, 0) is 26.0 Å². The smallest absolute Gasteiger partial charge is 0.328 e. The fourth-order valence-corrected chi connectivity index (χ4v) is 1.43. The van der Waals surface area contributed by atoms with E-state index < -0.39 is 11.5 Å². The van der Waals surface area contributed by atoms with Crippen molar-refractivity contribution in [3.05, 3.63) is 35.7 Å². The van der Waals surface area contributed by atoms with Crippen LogP contribution in [0.2, 0.25) is 0 Å². The summed E-state index contributed by atoms with van der Waals surface area (Å²) in [6, 6.07) is 3.23. The number of carbonyl (C=O) groups excluding carboxylic acids is 1. The fraction of sp³-hybridized carbons (Fsp3) is 0.357. The van der Waals surface area contributed by atoms with E-state index in [1.54, 1.807) is 33.0 Å². The highest BCUT2D eigenvalue weighted by atomic mass is 16.4. The van der Waals surface area contributed by atoms with Gasteiger partial charge in [0.1, 0.15) is 5.69 Å². The van der Waals surface area contributed by atoms with E-state index in [4.69, 9.17) is 5.11 Å². The van der Waals surface area contributed by atoms with Gasteiger partial charge in [0.05, 0.1) is 12.1 Å². The van der Waals surface area contributed by atoms with Crippen LogP contribution in [0.4, 0.5) is 0 Å². The average molecular weight is 278 g/mol. The monoisotopic (exact) mass is 278 g/mol. The largest absolute Gasteiger partial charge is 0.478 e. The van der Waals surface area contributed by atoms with E-state index in [1.165, 1.54) is 17.2 Å². The third-order valence-corrected chi connectivity index (χ3v) is 3.05. The first-order chi connectivity index (χ1) is 9.29. The SMILES string of the molecule is CN(C(=O)c1ncccc1/C=C/C(=O)O)C(C)(C)CO. The molecular weight excluding hydrogens is 260 g/mol. The molecule has 6 heteroatoms. The first kappa shape index (κ1) is 15.8. The Morgan fingerprint density at radius 2 is 2.10 bits per heavy atom. The zero-order valence-electron chi connectivity index (χ0n) is 11.7. The molecule has 1 heterocycles. The molecule has 0 aromatic carbocycles. The highest BCUT2D eigenvalue weighted by Crippen LogP contribution is 2.17. The molecular formula is C14H18N2O4. The number of hydrogen-bond donors (Lipinski definition) is 2. The molecule has 108 valence electrons. The molecule has 0 saturated carbocycles. The predicted molar refractivity (Wildman–Crippen MR) is 74.2 cm³/mol. The Morgan fingerprint density at radius 1 is 1.45 bits per heavy atom. The maximum absolute atomic E-state index is 12.4. The molecule has 1 amide bonds. The molecule has 2 N–H and O–H groups in total. The summed E-state index contributed by atoms with van der Waals surface area (Å²) in [6.07, 6.45) is 3.73. The maximum atomic E-state index is 12.4. The lowest BCUT2D eigenvalue weighted by molar-refractivity contribution is -0.131. The van der Waals surface area contributed by atoms with E-state index in [2.05, 4.69) is 4.98 Å². The molecule has 0 aliphatic heterocycles. The molecule has 20 heavy (non-hydrogen) atoms. The third-order valence-electron chi connectivity index (χ3n) is 3.05. The fourth-order valence-electron chi connectivity index (χ4n) is 1.43. The number of pyridine rings is 1. The van der Waals surface area contributed by atoms with Crippen LogP contribution in [0.5, 0.6) is 0 Å². The molecule has 6 nitrogen and oxygen atoms in total. The van der Waals surface area contributed by atoms with Crippen molar-refractivity contribution in [2.45, 2.75) is 19.4 Å². The highest BCUT2D eigenvalue weighted by Gasteiger charge is 2.29. The van der Waals surface area contributed by atoms with Gasteiger partial charge in [0, 0.05) is 24.9 Å². The molecule has 0 fully saturated rings. The van der Waals surface area contributed by atoms with Gasteiger partial charge in [0.15, 0.2) is 0 Å². The Hall–Kier alpha value is -2.21. The van der Waals surface area contributed by atoms with E-state index >= 15 is 0 Å². The van der Waals surface area contributed by atoms with Crippen molar-refractivity contribution in [3.8, 4) is 0 Å². The summed E-state index contributed by atoms with van der Waals surface area (Å²) in [5.74, 6) is -1.48. The Morgan fingerprint density at radius 3 is 2.65 bits per heavy atom. The molecule has 0 spiro atoms. The molecule has 0 atom stereocenters. The number of carboxylic acid groups (broad SMARTS) is 1. The number of aliphatic hydroxyl groups is 1. The minimum atomic E-state index is -1.10. The van der Waals surface area contributed by atoms with E-state index in [0.717, 1.165) is 6.08 Å². The third kappa shape index (κ3) is 3.64. The van der Waals surface area contributed by atoms with Crippen LogP contribution in [0.1, 0.15) is 29.9 Å². The number of hydrogen-bond acceptors (Lipinski definition) is 4. The highest BCUT2D eigenvalue weighted by molar-refractivity contribution is 5.97. The summed E-state index contributed by atoms with van der Waals surface area (Å²) in [4.78, 5) is 28.3. The van der Waals surface area contributed by atoms with Crippen molar-refractivity contribution in [2.24, 2.45) is 0 Å². The summed E-state index contributed by atoms with van der Waals surface area (Å²) in [5.41, 5.74) is -0.169. The van der Waals surface area contributed by atoms with Crippen molar-refractivity contribution >= 4 is 18.0 Å². The molecule has 1 aromatic rings. The first-order valence-electron chi connectivity index (χ1n) is 6.04. The Labute approximate surface area is 117 Å². The Bertz CT molecular complexity index is 538. The van der Waals surface area contributed by atoms with Crippen LogP contribution in [0.3, 0.4) is 0 Å². The van der Waals surface area contributed by atoms with Crippen molar-refractivity contribution < 1.29 is 19.8 Å². The van der Waals surface area contributed by atoms with Crippen LogP contribution in [0, 0.1) is 0 Å².